The van der Waals surface area contributed by atoms with Crippen LogP contribution in [0, 0.1) is 18.3 Å². The van der Waals surface area contributed by atoms with Crippen molar-refractivity contribution in [2.75, 3.05) is 6.61 Å². The fourth-order valence-electron chi connectivity index (χ4n) is 1.94. The van der Waals surface area contributed by atoms with Crippen molar-refractivity contribution in [1.82, 2.24) is 5.16 Å². The summed E-state index contributed by atoms with van der Waals surface area (Å²) in [4.78, 5) is 28.5. The van der Waals surface area contributed by atoms with E-state index in [2.05, 4.69) is 19.9 Å². The van der Waals surface area contributed by atoms with Gasteiger partial charge in [0.1, 0.15) is 23.1 Å². The molecule has 2 aromatic rings. The smallest absolute Gasteiger partial charge is 0.371 e. The highest BCUT2D eigenvalue weighted by Crippen LogP contribution is 2.36. The number of hydrogen-bond acceptors (Lipinski definition) is 8. The topological polar surface area (TPSA) is 115 Å². The lowest BCUT2D eigenvalue weighted by atomic mass is 10.1. The minimum absolute atomic E-state index is 0.0351. The van der Waals surface area contributed by atoms with Crippen molar-refractivity contribution in [2.45, 2.75) is 13.8 Å². The van der Waals surface area contributed by atoms with Gasteiger partial charge in [0.05, 0.1) is 16.7 Å². The maximum Gasteiger partial charge on any atom is 0.371 e. The lowest BCUT2D eigenvalue weighted by Gasteiger charge is -2.05. The number of oxime groups is 1. The number of aryl methyl sites for hydroxylation is 1. The van der Waals surface area contributed by atoms with Crippen molar-refractivity contribution < 1.29 is 23.7 Å². The Morgan fingerprint density at radius 1 is 1.35 bits per heavy atom. The second-order valence-corrected chi connectivity index (χ2v) is 5.52. The molecule has 0 saturated heterocycles. The molecule has 1 aromatic carbocycles. The van der Waals surface area contributed by atoms with E-state index in [1.54, 1.807) is 25.1 Å². The van der Waals surface area contributed by atoms with E-state index in [4.69, 9.17) is 33.0 Å². The third-order valence-corrected chi connectivity index (χ3v) is 3.69. The van der Waals surface area contributed by atoms with Crippen molar-refractivity contribution in [3.8, 4) is 17.3 Å². The highest BCUT2D eigenvalue weighted by atomic mass is 35.5. The van der Waals surface area contributed by atoms with E-state index in [0.29, 0.717) is 0 Å². The van der Waals surface area contributed by atoms with Crippen LogP contribution in [-0.2, 0) is 14.4 Å². The molecule has 134 valence electrons. The van der Waals surface area contributed by atoms with Crippen LogP contribution < -0.4 is 0 Å². The first-order valence-corrected chi connectivity index (χ1v) is 7.93. The number of rotatable bonds is 5. The number of esters is 1. The summed E-state index contributed by atoms with van der Waals surface area (Å²) < 4.78 is 9.64. The average molecular weight is 396 g/mol. The van der Waals surface area contributed by atoms with E-state index in [1.807, 2.05) is 0 Å². The number of nitrogens with zero attached hydrogens (tertiary/aromatic N) is 3. The van der Waals surface area contributed by atoms with Gasteiger partial charge in [-0.25, -0.2) is 9.59 Å². The van der Waals surface area contributed by atoms with E-state index < -0.39 is 17.7 Å². The summed E-state index contributed by atoms with van der Waals surface area (Å²) in [6.07, 6.45) is 0. The monoisotopic (exact) mass is 395 g/mol. The van der Waals surface area contributed by atoms with Crippen LogP contribution in [0.15, 0.2) is 27.9 Å². The maximum absolute atomic E-state index is 12.4. The van der Waals surface area contributed by atoms with Gasteiger partial charge in [0, 0.05) is 5.56 Å². The molecule has 1 aromatic heterocycles. The molecule has 26 heavy (non-hydrogen) atoms. The molecule has 0 atom stereocenters. The fraction of sp³-hybridized carbons (Fsp3) is 0.188. The van der Waals surface area contributed by atoms with E-state index in [1.165, 1.54) is 13.0 Å². The van der Waals surface area contributed by atoms with Gasteiger partial charge >= 0.3 is 11.9 Å². The summed E-state index contributed by atoms with van der Waals surface area (Å²) in [7, 11) is 0. The lowest BCUT2D eigenvalue weighted by Crippen LogP contribution is -2.17. The van der Waals surface area contributed by atoms with E-state index in [-0.39, 0.29) is 39.2 Å². The zero-order chi connectivity index (χ0) is 19.3. The van der Waals surface area contributed by atoms with Gasteiger partial charge in [-0.15, -0.1) is 0 Å². The molecule has 0 saturated carbocycles. The van der Waals surface area contributed by atoms with Crippen LogP contribution in [0.25, 0.3) is 11.3 Å². The number of halogens is 2. The predicted molar refractivity (Wildman–Crippen MR) is 91.8 cm³/mol. The highest BCUT2D eigenvalue weighted by Gasteiger charge is 2.27. The summed E-state index contributed by atoms with van der Waals surface area (Å²) in [5.74, 6) is -1.91. The normalized spacial score (nSPS) is 11.0. The maximum atomic E-state index is 12.4. The lowest BCUT2D eigenvalue weighted by molar-refractivity contribution is -0.135. The molecule has 8 nitrogen and oxygen atoms in total. The number of hydrogen-bond donors (Lipinski definition) is 0. The summed E-state index contributed by atoms with van der Waals surface area (Å²) in [6.45, 7) is 3.06. The molecular weight excluding hydrogens is 385 g/mol. The second-order valence-electron chi connectivity index (χ2n) is 4.71. The number of carbonyl (C=O) groups excluding carboxylic acids is 2. The molecule has 0 bridgehead atoms. The number of aromatic nitrogens is 1. The minimum atomic E-state index is -1.01. The zero-order valence-corrected chi connectivity index (χ0v) is 15.1. The van der Waals surface area contributed by atoms with Crippen molar-refractivity contribution in [3.63, 3.8) is 0 Å². The van der Waals surface area contributed by atoms with Crippen LogP contribution in [0.5, 0.6) is 0 Å². The summed E-state index contributed by atoms with van der Waals surface area (Å²) in [6, 6.07) is 6.24. The molecule has 0 fully saturated rings. The fourth-order valence-corrected chi connectivity index (χ4v) is 2.52. The van der Waals surface area contributed by atoms with Gasteiger partial charge in [0.25, 0.3) is 5.71 Å². The van der Waals surface area contributed by atoms with Crippen LogP contribution in [0.3, 0.4) is 0 Å². The Kier molecular flexibility index (Phi) is 6.33. The van der Waals surface area contributed by atoms with Gasteiger partial charge in [0.2, 0.25) is 0 Å². The van der Waals surface area contributed by atoms with Crippen LogP contribution >= 0.6 is 23.2 Å². The van der Waals surface area contributed by atoms with Crippen LogP contribution in [0.1, 0.15) is 23.0 Å². The van der Waals surface area contributed by atoms with Gasteiger partial charge < -0.3 is 14.1 Å². The minimum Gasteiger partial charge on any atom is -0.461 e. The first kappa shape index (κ1) is 19.4. The molecule has 0 N–H and O–H groups in total. The standard InChI is InChI=1S/C16H11Cl2N3O5/c1-3-24-15(22)11(7-19)20-26-16(23)12-8(2)25-21-14(12)13-9(17)5-4-6-10(13)18/h4-6H,3H2,1-2H3/b20-11-. The van der Waals surface area contributed by atoms with Gasteiger partial charge in [-0.1, -0.05) is 39.6 Å². The van der Waals surface area contributed by atoms with Crippen molar-refractivity contribution in [2.24, 2.45) is 5.16 Å². The van der Waals surface area contributed by atoms with E-state index >= 15 is 0 Å². The second kappa shape index (κ2) is 8.47. The SMILES string of the molecule is CCOC(=O)/C(C#N)=N\OC(=O)c1c(-c2c(Cl)cccc2Cl)noc1C. The molecule has 1 heterocycles. The van der Waals surface area contributed by atoms with Crippen molar-refractivity contribution in [1.29, 1.82) is 5.26 Å². The van der Waals surface area contributed by atoms with Crippen LogP contribution in [-0.4, -0.2) is 29.4 Å². The molecule has 0 aliphatic heterocycles. The Morgan fingerprint density at radius 3 is 2.58 bits per heavy atom. The van der Waals surface area contributed by atoms with Crippen LogP contribution in [0.4, 0.5) is 0 Å². The molecule has 0 radical (unpaired) electrons. The Labute approximate surface area is 157 Å². The molecule has 0 aliphatic rings. The van der Waals surface area contributed by atoms with Crippen molar-refractivity contribution >= 4 is 40.9 Å². The molecule has 0 amide bonds. The van der Waals surface area contributed by atoms with Gasteiger partial charge in [0.15, 0.2) is 0 Å². The highest BCUT2D eigenvalue weighted by molar-refractivity contribution is 6.43. The van der Waals surface area contributed by atoms with Crippen LogP contribution in [0.2, 0.25) is 10.0 Å². The predicted octanol–water partition coefficient (Wildman–Crippen LogP) is 3.56. The number of ether oxygens (including phenoxy) is 1. The van der Waals surface area contributed by atoms with Gasteiger partial charge in [-0.2, -0.15) is 5.26 Å². The molecule has 0 aliphatic carbocycles. The summed E-state index contributed by atoms with van der Waals surface area (Å²) >= 11 is 12.3. The Hall–Kier alpha value is -2.89. The third-order valence-electron chi connectivity index (χ3n) is 3.06. The first-order valence-electron chi connectivity index (χ1n) is 7.17. The number of nitriles is 1. The summed E-state index contributed by atoms with van der Waals surface area (Å²) in [5, 5.41) is 16.4. The van der Waals surface area contributed by atoms with E-state index in [9.17, 15) is 9.59 Å². The third kappa shape index (κ3) is 4.02. The van der Waals surface area contributed by atoms with Crippen molar-refractivity contribution in [3.05, 3.63) is 39.6 Å². The van der Waals surface area contributed by atoms with Gasteiger partial charge in [-0.05, 0) is 26.0 Å². The quantitative estimate of drug-likeness (QED) is 0.328. The Bertz CT molecular complexity index is 910. The summed E-state index contributed by atoms with van der Waals surface area (Å²) in [5.41, 5.74) is -0.487. The zero-order valence-electron chi connectivity index (χ0n) is 13.6. The molecule has 0 unspecified atom stereocenters. The van der Waals surface area contributed by atoms with Gasteiger partial charge in [-0.3, -0.25) is 0 Å². The Morgan fingerprint density at radius 2 is 2.00 bits per heavy atom. The van der Waals surface area contributed by atoms with E-state index in [0.717, 1.165) is 0 Å². The molecule has 2 rings (SSSR count). The molecular formula is C16H11Cl2N3O5. The molecule has 0 spiro atoms. The molecule has 10 heteroatoms. The number of carbonyl (C=O) groups is 2. The Balaban J connectivity index is 2.39. The number of benzene rings is 1. The average Bonchev–Trinajstić information content (AvgIpc) is 2.96. The largest absolute Gasteiger partial charge is 0.461 e. The first-order chi connectivity index (χ1) is 12.4.